The van der Waals surface area contributed by atoms with Gasteiger partial charge in [0.05, 0.1) is 9.79 Å². The molecule has 44 heavy (non-hydrogen) atoms. The Balaban J connectivity index is 1.32. The molecule has 0 radical (unpaired) electrons. The Morgan fingerprint density at radius 3 is 1.34 bits per heavy atom. The van der Waals surface area contributed by atoms with E-state index in [1.807, 2.05) is 11.8 Å². The van der Waals surface area contributed by atoms with E-state index in [1.165, 1.54) is 59.0 Å². The summed E-state index contributed by atoms with van der Waals surface area (Å²) in [5.41, 5.74) is 5.10. The summed E-state index contributed by atoms with van der Waals surface area (Å²) in [7, 11) is -1.54. The van der Waals surface area contributed by atoms with Crippen molar-refractivity contribution >= 4 is 59.4 Å². The molecule has 0 saturated carbocycles. The normalized spacial score (nSPS) is 12.1. The molecule has 6 aromatic carbocycles. The lowest BCUT2D eigenvalue weighted by molar-refractivity contribution is 0.459. The van der Waals surface area contributed by atoms with Gasteiger partial charge in [-0.3, -0.25) is 0 Å². The van der Waals surface area contributed by atoms with Gasteiger partial charge in [-0.15, -0.1) is 0 Å². The van der Waals surface area contributed by atoms with Gasteiger partial charge in [-0.25, -0.2) is 0 Å². The molecule has 0 bridgehead atoms. The Morgan fingerprint density at radius 1 is 0.432 bits per heavy atom. The van der Waals surface area contributed by atoms with Crippen LogP contribution in [0.15, 0.2) is 143 Å². The van der Waals surface area contributed by atoms with Crippen molar-refractivity contribution in [2.24, 2.45) is 0 Å². The van der Waals surface area contributed by atoms with Crippen LogP contribution >= 0.6 is 27.6 Å². The molecule has 1 aliphatic heterocycles. The molecule has 216 valence electrons. The smallest absolute Gasteiger partial charge is 0.149 e. The third kappa shape index (κ3) is 5.88. The molecule has 0 amide bonds. The maximum absolute atomic E-state index is 6.99. The van der Waals surface area contributed by atoms with E-state index in [2.05, 4.69) is 161 Å². The predicted molar refractivity (Wildman–Crippen MR) is 193 cm³/mol. The highest BCUT2D eigenvalue weighted by atomic mass is 32.2. The first-order chi connectivity index (χ1) is 21.4. The quantitative estimate of drug-likeness (QED) is 0.171. The van der Waals surface area contributed by atoms with Crippen molar-refractivity contribution in [1.29, 1.82) is 0 Å². The highest BCUT2D eigenvalue weighted by Gasteiger charge is 2.28. The van der Waals surface area contributed by atoms with Gasteiger partial charge in [0.1, 0.15) is 11.5 Å². The van der Waals surface area contributed by atoms with Crippen LogP contribution in [0.4, 0.5) is 0 Å². The first kappa shape index (κ1) is 29.1. The van der Waals surface area contributed by atoms with E-state index in [1.54, 1.807) is 0 Å². The molecule has 0 atom stereocenters. The van der Waals surface area contributed by atoms with Gasteiger partial charge in [0.25, 0.3) is 0 Å². The third-order valence-corrected chi connectivity index (χ3v) is 14.0. The summed E-state index contributed by atoms with van der Waals surface area (Å²) < 4.78 is 6.99. The topological polar surface area (TPSA) is 9.23 Å². The Bertz CT molecular complexity index is 1840. The summed E-state index contributed by atoms with van der Waals surface area (Å²) >= 11 is 1.82. The minimum absolute atomic E-state index is 0.737. The summed E-state index contributed by atoms with van der Waals surface area (Å²) in [4.78, 5) is 2.34. The predicted octanol–water partition coefficient (Wildman–Crippen LogP) is 8.69. The molecule has 1 nitrogen and oxygen atoms in total. The molecule has 0 spiro atoms. The molecule has 0 fully saturated rings. The average molecular weight is 625 g/mol. The number of rotatable bonds is 6. The van der Waals surface area contributed by atoms with E-state index < -0.39 is 15.8 Å². The second-order valence-electron chi connectivity index (χ2n) is 11.5. The van der Waals surface area contributed by atoms with Crippen molar-refractivity contribution in [2.45, 2.75) is 37.5 Å². The summed E-state index contributed by atoms with van der Waals surface area (Å²) in [6.45, 7) is 8.61. The van der Waals surface area contributed by atoms with Gasteiger partial charge in [-0.05, 0) is 88.3 Å². The van der Waals surface area contributed by atoms with Crippen LogP contribution in [0.3, 0.4) is 0 Å². The molecule has 0 aliphatic carbocycles. The minimum atomic E-state index is -0.808. The third-order valence-electron chi connectivity index (χ3n) is 7.99. The zero-order chi connectivity index (χ0) is 30.2. The van der Waals surface area contributed by atoms with Crippen molar-refractivity contribution in [2.75, 3.05) is 0 Å². The van der Waals surface area contributed by atoms with Gasteiger partial charge in [0.15, 0.2) is 0 Å². The molecule has 0 N–H and O–H groups in total. The maximum atomic E-state index is 6.99. The summed E-state index contributed by atoms with van der Waals surface area (Å²) in [5.74, 6) is 1.94. The number of fused-ring (bicyclic) bond motifs is 2. The van der Waals surface area contributed by atoms with Crippen LogP contribution in [0.5, 0.6) is 11.5 Å². The number of para-hydroxylation sites is 1. The second kappa shape index (κ2) is 12.4. The molecule has 0 unspecified atom stereocenters. The van der Waals surface area contributed by atoms with Crippen LogP contribution in [-0.2, 0) is 0 Å². The molecule has 0 saturated heterocycles. The van der Waals surface area contributed by atoms with E-state index in [4.69, 9.17) is 4.74 Å². The van der Waals surface area contributed by atoms with E-state index >= 15 is 0 Å². The lowest BCUT2D eigenvalue weighted by Crippen LogP contribution is -2.23. The van der Waals surface area contributed by atoms with E-state index in [0.29, 0.717) is 0 Å². The Hall–Kier alpha value is -3.67. The summed E-state index contributed by atoms with van der Waals surface area (Å²) in [5, 5.41) is 7.92. The summed E-state index contributed by atoms with van der Waals surface area (Å²) in [6, 6.07) is 49.7. The van der Waals surface area contributed by atoms with Crippen LogP contribution < -0.4 is 36.6 Å². The Labute approximate surface area is 267 Å². The van der Waals surface area contributed by atoms with Crippen LogP contribution in [-0.4, -0.2) is 0 Å². The number of aryl methyl sites for hydroxylation is 4. The molecular weight excluding hydrogens is 590 g/mol. The van der Waals surface area contributed by atoms with Crippen LogP contribution in [0.2, 0.25) is 0 Å². The number of hydrogen-bond donors (Lipinski definition) is 0. The fourth-order valence-corrected chi connectivity index (χ4v) is 11.2. The molecule has 0 aromatic heterocycles. The zero-order valence-corrected chi connectivity index (χ0v) is 28.0. The number of ether oxygens (including phenoxy) is 1. The maximum Gasteiger partial charge on any atom is 0.149 e. The summed E-state index contributed by atoms with van der Waals surface area (Å²) in [6.07, 6.45) is 0. The first-order valence-corrected chi connectivity index (χ1v) is 18.4. The minimum Gasteiger partial charge on any atom is -0.454 e. The van der Waals surface area contributed by atoms with Crippen molar-refractivity contribution in [3.8, 4) is 11.5 Å². The van der Waals surface area contributed by atoms with Gasteiger partial charge in [0.2, 0.25) is 0 Å². The molecule has 1 heterocycles. The standard InChI is InChI=1S/C40H34OP2S/c1-27-8-16-31(17-9-27)42(32-18-10-28(2)11-19-32)35-24-25-38-36(26-35)41-40-37(6-5-7-39(40)44-38)43(33-20-12-29(3)13-21-33)34-22-14-30(4)15-23-34/h5-26H,1-4H3. The van der Waals surface area contributed by atoms with Crippen molar-refractivity contribution in [3.63, 3.8) is 0 Å². The molecule has 7 rings (SSSR count). The fraction of sp³-hybridized carbons (Fsp3) is 0.100. The van der Waals surface area contributed by atoms with Crippen LogP contribution in [0.1, 0.15) is 22.3 Å². The zero-order valence-electron chi connectivity index (χ0n) is 25.4. The van der Waals surface area contributed by atoms with Crippen molar-refractivity contribution < 1.29 is 4.74 Å². The molecule has 4 heteroatoms. The molecular formula is C40H34OP2S. The highest BCUT2D eigenvalue weighted by molar-refractivity contribution is 7.99. The molecule has 1 aliphatic rings. The van der Waals surface area contributed by atoms with Crippen LogP contribution in [0, 0.1) is 27.7 Å². The number of hydrogen-bond acceptors (Lipinski definition) is 2. The fourth-order valence-electron chi connectivity index (χ4n) is 5.54. The Morgan fingerprint density at radius 2 is 0.864 bits per heavy atom. The van der Waals surface area contributed by atoms with Crippen LogP contribution in [0.25, 0.3) is 0 Å². The monoisotopic (exact) mass is 624 g/mol. The second-order valence-corrected chi connectivity index (χ2v) is 16.9. The largest absolute Gasteiger partial charge is 0.454 e. The van der Waals surface area contributed by atoms with E-state index in [-0.39, 0.29) is 0 Å². The van der Waals surface area contributed by atoms with Gasteiger partial charge >= 0.3 is 0 Å². The molecule has 6 aromatic rings. The number of benzene rings is 6. The SMILES string of the molecule is Cc1ccc(P(c2ccc(C)cc2)c2ccc3c(c2)Oc2c(cccc2P(c2ccc(C)cc2)c2ccc(C)cc2)S3)cc1. The average Bonchev–Trinajstić information content (AvgIpc) is 3.04. The van der Waals surface area contributed by atoms with Crippen molar-refractivity contribution in [3.05, 3.63) is 156 Å². The van der Waals surface area contributed by atoms with Gasteiger partial charge in [-0.1, -0.05) is 149 Å². The first-order valence-electron chi connectivity index (χ1n) is 14.9. The van der Waals surface area contributed by atoms with Gasteiger partial charge < -0.3 is 4.74 Å². The van der Waals surface area contributed by atoms with E-state index in [9.17, 15) is 0 Å². The lowest BCUT2D eigenvalue weighted by Gasteiger charge is -2.28. The lowest BCUT2D eigenvalue weighted by atomic mass is 10.2. The highest BCUT2D eigenvalue weighted by Crippen LogP contribution is 2.50. The van der Waals surface area contributed by atoms with Gasteiger partial charge in [0, 0.05) is 5.30 Å². The van der Waals surface area contributed by atoms with E-state index in [0.717, 1.165) is 16.4 Å². The van der Waals surface area contributed by atoms with Gasteiger partial charge in [-0.2, -0.15) is 0 Å². The Kier molecular flexibility index (Phi) is 8.17. The van der Waals surface area contributed by atoms with Crippen molar-refractivity contribution in [1.82, 2.24) is 0 Å².